The highest BCUT2D eigenvalue weighted by Crippen LogP contribution is 2.21. The van der Waals surface area contributed by atoms with Gasteiger partial charge >= 0.3 is 0 Å². The molecule has 1 aliphatic rings. The van der Waals surface area contributed by atoms with Crippen LogP contribution in [0.15, 0.2) is 45.2 Å². The van der Waals surface area contributed by atoms with Crippen LogP contribution in [0.3, 0.4) is 0 Å². The maximum absolute atomic E-state index is 9.88. The van der Waals surface area contributed by atoms with E-state index in [4.69, 9.17) is 0 Å². The molecule has 116 valence electrons. The number of nitrogens with one attached hydrogen (secondary N) is 1. The van der Waals surface area contributed by atoms with E-state index in [0.717, 1.165) is 16.6 Å². The van der Waals surface area contributed by atoms with Crippen LogP contribution >= 0.6 is 27.3 Å². The van der Waals surface area contributed by atoms with Crippen LogP contribution in [0, 0.1) is 0 Å². The summed E-state index contributed by atoms with van der Waals surface area (Å²) in [6, 6.07) is 10.2. The standard InChI is InChI=1S/C17H19BrN2OS/c18-14-5-6-16(21)13(10-14)11-19-12-15(17-4-3-9-22-17)20-7-1-2-8-20/h3-6,9-11,15,21H,1-2,7-8,12H2/p+1/t15-/m1/s1. The van der Waals surface area contributed by atoms with E-state index in [1.54, 1.807) is 17.2 Å². The summed E-state index contributed by atoms with van der Waals surface area (Å²) in [5, 5.41) is 12.0. The van der Waals surface area contributed by atoms with Crippen molar-refractivity contribution in [1.29, 1.82) is 0 Å². The number of likely N-dealkylation sites (tertiary alicyclic amines) is 1. The zero-order chi connectivity index (χ0) is 15.4. The summed E-state index contributed by atoms with van der Waals surface area (Å²) in [5.74, 6) is 0.271. The summed E-state index contributed by atoms with van der Waals surface area (Å²) in [4.78, 5) is 7.67. The molecule has 1 aromatic carbocycles. The summed E-state index contributed by atoms with van der Waals surface area (Å²) in [7, 11) is 0. The first-order valence-corrected chi connectivity index (χ1v) is 9.27. The second-order valence-corrected chi connectivity index (χ2v) is 7.53. The van der Waals surface area contributed by atoms with Gasteiger partial charge in [-0.1, -0.05) is 22.0 Å². The Morgan fingerprint density at radius 3 is 2.86 bits per heavy atom. The molecule has 1 saturated heterocycles. The number of thiophene rings is 1. The lowest BCUT2D eigenvalue weighted by Crippen LogP contribution is -3.10. The molecule has 0 saturated carbocycles. The molecule has 0 bridgehead atoms. The van der Waals surface area contributed by atoms with Crippen molar-refractivity contribution < 1.29 is 10.0 Å². The fraction of sp³-hybridized carbons (Fsp3) is 0.353. The monoisotopic (exact) mass is 379 g/mol. The van der Waals surface area contributed by atoms with Crippen LogP contribution in [0.4, 0.5) is 0 Å². The van der Waals surface area contributed by atoms with E-state index < -0.39 is 0 Å². The molecule has 1 fully saturated rings. The zero-order valence-corrected chi connectivity index (χ0v) is 14.7. The van der Waals surface area contributed by atoms with Crippen LogP contribution < -0.4 is 4.90 Å². The number of nitrogens with zero attached hydrogens (tertiary/aromatic N) is 1. The number of aromatic hydroxyl groups is 1. The summed E-state index contributed by atoms with van der Waals surface area (Å²) < 4.78 is 0.951. The molecule has 2 aromatic rings. The average molecular weight is 380 g/mol. The first kappa shape index (κ1) is 15.7. The van der Waals surface area contributed by atoms with Gasteiger partial charge in [0.15, 0.2) is 0 Å². The number of phenolic OH excluding ortho intramolecular Hbond substituents is 1. The van der Waals surface area contributed by atoms with Gasteiger partial charge in [0.05, 0.1) is 24.5 Å². The minimum Gasteiger partial charge on any atom is -0.507 e. The lowest BCUT2D eigenvalue weighted by Gasteiger charge is -2.22. The number of benzene rings is 1. The Hall–Kier alpha value is -1.17. The van der Waals surface area contributed by atoms with Gasteiger partial charge in [-0.05, 0) is 29.6 Å². The Labute approximate surface area is 143 Å². The summed E-state index contributed by atoms with van der Waals surface area (Å²) in [5.41, 5.74) is 0.760. The molecule has 2 N–H and O–H groups in total. The van der Waals surface area contributed by atoms with Gasteiger partial charge in [-0.3, -0.25) is 4.99 Å². The third-order valence-corrected chi connectivity index (χ3v) is 5.61. The van der Waals surface area contributed by atoms with Gasteiger partial charge in [0.25, 0.3) is 0 Å². The molecule has 22 heavy (non-hydrogen) atoms. The molecule has 0 amide bonds. The molecule has 0 spiro atoms. The van der Waals surface area contributed by atoms with Crippen molar-refractivity contribution in [1.82, 2.24) is 0 Å². The number of hydrogen-bond acceptors (Lipinski definition) is 3. The van der Waals surface area contributed by atoms with E-state index in [2.05, 4.69) is 38.4 Å². The Kier molecular flexibility index (Phi) is 5.28. The number of hydrogen-bond donors (Lipinski definition) is 2. The fourth-order valence-electron chi connectivity index (χ4n) is 2.97. The van der Waals surface area contributed by atoms with Crippen LogP contribution in [0.5, 0.6) is 5.75 Å². The van der Waals surface area contributed by atoms with Gasteiger partial charge in [-0.25, -0.2) is 0 Å². The summed E-state index contributed by atoms with van der Waals surface area (Å²) in [6.07, 6.45) is 4.41. The van der Waals surface area contributed by atoms with Crippen LogP contribution in [0.2, 0.25) is 0 Å². The minimum atomic E-state index is 0.271. The molecule has 0 unspecified atom stereocenters. The Balaban J connectivity index is 1.73. The molecule has 3 nitrogen and oxygen atoms in total. The predicted octanol–water partition coefficient (Wildman–Crippen LogP) is 3.06. The van der Waals surface area contributed by atoms with Crippen molar-refractivity contribution in [2.75, 3.05) is 19.6 Å². The third-order valence-electron chi connectivity index (χ3n) is 4.13. The van der Waals surface area contributed by atoms with Gasteiger partial charge in [0.1, 0.15) is 11.8 Å². The van der Waals surface area contributed by atoms with E-state index >= 15 is 0 Å². The van der Waals surface area contributed by atoms with Crippen molar-refractivity contribution in [2.45, 2.75) is 18.9 Å². The van der Waals surface area contributed by atoms with E-state index in [1.807, 2.05) is 23.5 Å². The van der Waals surface area contributed by atoms with Crippen molar-refractivity contribution >= 4 is 33.5 Å². The van der Waals surface area contributed by atoms with Gasteiger partial charge in [-0.15, -0.1) is 11.3 Å². The van der Waals surface area contributed by atoms with Crippen LogP contribution in [0.25, 0.3) is 0 Å². The number of aliphatic imine (C=N–C) groups is 1. The molecule has 2 heterocycles. The minimum absolute atomic E-state index is 0.271. The zero-order valence-electron chi connectivity index (χ0n) is 12.3. The Morgan fingerprint density at radius 2 is 2.14 bits per heavy atom. The van der Waals surface area contributed by atoms with Gasteiger partial charge in [0.2, 0.25) is 0 Å². The fourth-order valence-corrected chi connectivity index (χ4v) is 4.23. The Morgan fingerprint density at radius 1 is 1.32 bits per heavy atom. The molecule has 5 heteroatoms. The quantitative estimate of drug-likeness (QED) is 0.769. The first-order chi connectivity index (χ1) is 10.7. The van der Waals surface area contributed by atoms with Crippen LogP contribution in [-0.2, 0) is 0 Å². The van der Waals surface area contributed by atoms with Gasteiger partial charge in [-0.2, -0.15) is 0 Å². The molecule has 0 radical (unpaired) electrons. The third kappa shape index (κ3) is 3.77. The maximum atomic E-state index is 9.88. The second-order valence-electron chi connectivity index (χ2n) is 5.63. The highest BCUT2D eigenvalue weighted by Gasteiger charge is 2.27. The van der Waals surface area contributed by atoms with Gasteiger partial charge in [0, 0.05) is 29.1 Å². The van der Waals surface area contributed by atoms with E-state index in [-0.39, 0.29) is 5.75 Å². The van der Waals surface area contributed by atoms with Crippen molar-refractivity contribution in [3.8, 4) is 5.75 Å². The van der Waals surface area contributed by atoms with E-state index in [9.17, 15) is 5.11 Å². The second kappa shape index (κ2) is 7.40. The molecule has 1 aromatic heterocycles. The van der Waals surface area contributed by atoms with Crippen molar-refractivity contribution in [3.05, 3.63) is 50.6 Å². The predicted molar refractivity (Wildman–Crippen MR) is 95.3 cm³/mol. The maximum Gasteiger partial charge on any atom is 0.142 e. The normalized spacial score (nSPS) is 17.3. The molecular weight excluding hydrogens is 360 g/mol. The van der Waals surface area contributed by atoms with E-state index in [1.165, 1.54) is 30.8 Å². The smallest absolute Gasteiger partial charge is 0.142 e. The van der Waals surface area contributed by atoms with Gasteiger partial charge < -0.3 is 10.0 Å². The van der Waals surface area contributed by atoms with Crippen molar-refractivity contribution in [3.63, 3.8) is 0 Å². The summed E-state index contributed by atoms with van der Waals surface area (Å²) in [6.45, 7) is 3.24. The molecular formula is C17H20BrN2OS+. The average Bonchev–Trinajstić information content (AvgIpc) is 3.20. The van der Waals surface area contributed by atoms with E-state index in [0.29, 0.717) is 6.04 Å². The number of rotatable bonds is 5. The highest BCUT2D eigenvalue weighted by atomic mass is 79.9. The topological polar surface area (TPSA) is 37.0 Å². The first-order valence-electron chi connectivity index (χ1n) is 7.60. The number of quaternary nitrogens is 1. The largest absolute Gasteiger partial charge is 0.507 e. The van der Waals surface area contributed by atoms with Crippen molar-refractivity contribution in [2.24, 2.45) is 4.99 Å². The molecule has 1 aliphatic heterocycles. The number of halogens is 1. The lowest BCUT2D eigenvalue weighted by atomic mass is 10.2. The van der Waals surface area contributed by atoms with Crippen LogP contribution in [0.1, 0.15) is 29.3 Å². The molecule has 0 aliphatic carbocycles. The Bertz CT molecular complexity index is 636. The molecule has 3 rings (SSSR count). The molecule has 1 atom stereocenters. The lowest BCUT2D eigenvalue weighted by molar-refractivity contribution is -0.917. The SMILES string of the molecule is Oc1ccc(Br)cc1C=NC[C@H](c1cccs1)[NH+]1CCCC1. The number of phenols is 1. The summed E-state index contributed by atoms with van der Waals surface area (Å²) >= 11 is 5.25. The van der Waals surface area contributed by atoms with Crippen LogP contribution in [-0.4, -0.2) is 31.0 Å². The highest BCUT2D eigenvalue weighted by molar-refractivity contribution is 9.10.